The topological polar surface area (TPSA) is 0 Å². The zero-order chi connectivity index (χ0) is 11.1. The van der Waals surface area contributed by atoms with Crippen LogP contribution in [0.1, 0.15) is 53.4 Å². The summed E-state index contributed by atoms with van der Waals surface area (Å²) in [6.07, 6.45) is 5.59. The third-order valence-electron chi connectivity index (χ3n) is 1.97. The fourth-order valence-electron chi connectivity index (χ4n) is 1.11. The molecule has 0 aromatic carbocycles. The van der Waals surface area contributed by atoms with Crippen LogP contribution >= 0.6 is 0 Å². The number of halogens is 2. The first-order chi connectivity index (χ1) is 6.83. The Bertz CT molecular complexity index is 67.4. The Morgan fingerprint density at radius 1 is 0.562 bits per heavy atom. The van der Waals surface area contributed by atoms with Crippen molar-refractivity contribution in [3.8, 4) is 0 Å². The van der Waals surface area contributed by atoms with Crippen molar-refractivity contribution in [3.63, 3.8) is 0 Å². The first-order valence-electron chi connectivity index (χ1n) is 6.46. The van der Waals surface area contributed by atoms with Crippen LogP contribution < -0.4 is 29.4 Å². The molecule has 0 bridgehead atoms. The van der Waals surface area contributed by atoms with Crippen molar-refractivity contribution >= 4 is 30.4 Å². The van der Waals surface area contributed by atoms with Crippen molar-refractivity contribution < 1.29 is 29.4 Å². The van der Waals surface area contributed by atoms with Crippen molar-refractivity contribution in [1.82, 2.24) is 0 Å². The normalized spacial score (nSPS) is 7.25. The second kappa shape index (κ2) is 30.1. The summed E-state index contributed by atoms with van der Waals surface area (Å²) >= 11 is 1.64. The van der Waals surface area contributed by atoms with E-state index in [0.717, 1.165) is 30.4 Å². The molecule has 0 aliphatic carbocycles. The molecule has 16 heavy (non-hydrogen) atoms. The van der Waals surface area contributed by atoms with Gasteiger partial charge in [0.1, 0.15) is 0 Å². The molecule has 0 aliphatic rings. The molecule has 0 fully saturated rings. The zero-order valence-corrected chi connectivity index (χ0v) is 16.2. The molecule has 0 heterocycles. The van der Waals surface area contributed by atoms with E-state index in [2.05, 4.69) is 27.7 Å². The van der Waals surface area contributed by atoms with E-state index in [4.69, 9.17) is 0 Å². The Kier molecular flexibility index (Phi) is 49.7. The second-order valence-electron chi connectivity index (χ2n) is 3.73. The Morgan fingerprint density at radius 3 is 0.875 bits per heavy atom. The quantitative estimate of drug-likeness (QED) is 0.380. The van der Waals surface area contributed by atoms with Crippen LogP contribution in [0.3, 0.4) is 0 Å². The maximum absolute atomic E-state index is 2.27. The molecule has 0 aromatic rings. The van der Waals surface area contributed by atoms with Crippen molar-refractivity contribution in [3.05, 3.63) is 0 Å². The molecule has 0 nitrogen and oxygen atoms in total. The minimum atomic E-state index is 0. The van der Waals surface area contributed by atoms with Gasteiger partial charge < -0.3 is 29.4 Å². The van der Waals surface area contributed by atoms with Crippen molar-refractivity contribution in [2.75, 3.05) is 0 Å². The van der Waals surface area contributed by atoms with Gasteiger partial charge >= 0.3 is 105 Å². The Hall–Kier alpha value is 1.83. The van der Waals surface area contributed by atoms with Gasteiger partial charge in [0.05, 0.1) is 0 Å². The SMILES string of the molecule is CC[CH2][Al+][CH2]CC.CC[CH2][Al+][CH2]CC.[Br-].[Cl-]. The van der Waals surface area contributed by atoms with Gasteiger partial charge in [-0.2, -0.15) is 0 Å². The third-order valence-corrected chi connectivity index (χ3v) is 5.91. The van der Waals surface area contributed by atoms with E-state index >= 15 is 0 Å². The van der Waals surface area contributed by atoms with Crippen molar-refractivity contribution in [2.45, 2.75) is 74.5 Å². The fourth-order valence-corrected chi connectivity index (χ4v) is 3.32. The van der Waals surface area contributed by atoms with Crippen LogP contribution in [0.25, 0.3) is 0 Å². The van der Waals surface area contributed by atoms with Crippen LogP contribution in [0, 0.1) is 0 Å². The molecule has 96 valence electrons. The summed E-state index contributed by atoms with van der Waals surface area (Å²) in [6, 6.07) is 0. The summed E-state index contributed by atoms with van der Waals surface area (Å²) in [5, 5.41) is 6.03. The molecule has 0 saturated carbocycles. The summed E-state index contributed by atoms with van der Waals surface area (Å²) in [6.45, 7) is 9.07. The van der Waals surface area contributed by atoms with E-state index in [0.29, 0.717) is 0 Å². The second-order valence-corrected chi connectivity index (χ2v) is 7.20. The molecule has 0 N–H and O–H groups in total. The number of hydrogen-bond acceptors (Lipinski definition) is 0. The van der Waals surface area contributed by atoms with Gasteiger partial charge in [0.25, 0.3) is 0 Å². The maximum Gasteiger partial charge on any atom is -1.00 e. The molecule has 0 aliphatic heterocycles. The van der Waals surface area contributed by atoms with Crippen LogP contribution in [0.4, 0.5) is 0 Å². The molecular formula is C12H28Al2BrCl. The molecule has 0 aromatic heterocycles. The largest absolute Gasteiger partial charge is 1.00 e. The third kappa shape index (κ3) is 36.0. The Labute approximate surface area is 133 Å². The summed E-state index contributed by atoms with van der Waals surface area (Å²) in [5.41, 5.74) is 0. The molecule has 0 radical (unpaired) electrons. The molecular weight excluding hydrogens is 313 g/mol. The minimum absolute atomic E-state index is 0. The Balaban J connectivity index is -0.0000000800. The van der Waals surface area contributed by atoms with Gasteiger partial charge in [-0.3, -0.25) is 0 Å². The first kappa shape index (κ1) is 26.4. The standard InChI is InChI=1S/4C3H7.2Al.BrH.ClH/c4*1-3-2;;;;/h4*1,3H2,2H3;;;2*1H/q;;;;2*+1;;/p-2. The predicted molar refractivity (Wildman–Crippen MR) is 71.9 cm³/mol. The van der Waals surface area contributed by atoms with Gasteiger partial charge in [0.2, 0.25) is 0 Å². The van der Waals surface area contributed by atoms with E-state index in [1.54, 1.807) is 0 Å². The van der Waals surface area contributed by atoms with Crippen LogP contribution in [0.15, 0.2) is 0 Å². The molecule has 0 spiro atoms. The fraction of sp³-hybridized carbons (Fsp3) is 1.00. The molecule has 0 amide bonds. The van der Waals surface area contributed by atoms with Crippen molar-refractivity contribution in [2.24, 2.45) is 0 Å². The predicted octanol–water partition coefficient (Wildman–Crippen LogP) is -1.30. The van der Waals surface area contributed by atoms with Crippen LogP contribution in [-0.4, -0.2) is 30.4 Å². The van der Waals surface area contributed by atoms with E-state index in [-0.39, 0.29) is 29.4 Å². The van der Waals surface area contributed by atoms with E-state index < -0.39 is 0 Å². The van der Waals surface area contributed by atoms with Gasteiger partial charge in [-0.05, 0) is 0 Å². The molecule has 0 unspecified atom stereocenters. The maximum atomic E-state index is 2.27. The van der Waals surface area contributed by atoms with Gasteiger partial charge in [-0.1, -0.05) is 0 Å². The van der Waals surface area contributed by atoms with Gasteiger partial charge in [-0.15, -0.1) is 0 Å². The Morgan fingerprint density at radius 2 is 0.750 bits per heavy atom. The summed E-state index contributed by atoms with van der Waals surface area (Å²) in [7, 11) is 0. The van der Waals surface area contributed by atoms with Crippen LogP contribution in [-0.2, 0) is 0 Å². The molecule has 0 saturated heterocycles. The average Bonchev–Trinajstić information content (AvgIpc) is 2.21. The van der Waals surface area contributed by atoms with Gasteiger partial charge in [0.15, 0.2) is 0 Å². The van der Waals surface area contributed by atoms with E-state index in [1.807, 2.05) is 0 Å². The molecule has 0 rings (SSSR count). The average molecular weight is 342 g/mol. The summed E-state index contributed by atoms with van der Waals surface area (Å²) < 4.78 is 0. The van der Waals surface area contributed by atoms with Crippen LogP contribution in [0.2, 0.25) is 21.1 Å². The minimum Gasteiger partial charge on any atom is -1.00 e. The molecule has 4 heteroatoms. The molecule has 0 atom stereocenters. The van der Waals surface area contributed by atoms with E-state index in [9.17, 15) is 0 Å². The smallest absolute Gasteiger partial charge is 1.00 e. The first-order valence-corrected chi connectivity index (χ1v) is 9.73. The number of rotatable bonds is 8. The van der Waals surface area contributed by atoms with Crippen LogP contribution in [0.5, 0.6) is 0 Å². The summed E-state index contributed by atoms with van der Waals surface area (Å²) in [5.74, 6) is 0. The van der Waals surface area contributed by atoms with Gasteiger partial charge in [0, 0.05) is 0 Å². The van der Waals surface area contributed by atoms with Gasteiger partial charge in [-0.25, -0.2) is 0 Å². The number of hydrogen-bond donors (Lipinski definition) is 0. The zero-order valence-electron chi connectivity index (χ0n) is 11.6. The monoisotopic (exact) mass is 340 g/mol. The van der Waals surface area contributed by atoms with E-state index in [1.165, 1.54) is 46.8 Å². The summed E-state index contributed by atoms with van der Waals surface area (Å²) in [4.78, 5) is 0. The van der Waals surface area contributed by atoms with Crippen molar-refractivity contribution in [1.29, 1.82) is 0 Å².